The van der Waals surface area contributed by atoms with Gasteiger partial charge in [0.2, 0.25) is 0 Å². The lowest BCUT2D eigenvalue weighted by Gasteiger charge is -2.16. The van der Waals surface area contributed by atoms with Crippen LogP contribution >= 0.6 is 0 Å². The topological polar surface area (TPSA) is 18.5 Å². The molecule has 0 unspecified atom stereocenters. The molecule has 0 heterocycles. The Balaban J connectivity index is 2.46. The molecule has 0 bridgehead atoms. The van der Waals surface area contributed by atoms with Crippen LogP contribution in [0.4, 0.5) is 0 Å². The molecule has 0 N–H and O–H groups in total. The van der Waals surface area contributed by atoms with Crippen molar-refractivity contribution in [3.63, 3.8) is 0 Å². The van der Waals surface area contributed by atoms with Gasteiger partial charge < -0.3 is 9.47 Å². The van der Waals surface area contributed by atoms with E-state index in [9.17, 15) is 0 Å². The first-order valence-corrected chi connectivity index (χ1v) is 6.57. The lowest BCUT2D eigenvalue weighted by molar-refractivity contribution is -0.0817. The second-order valence-electron chi connectivity index (χ2n) is 2.95. The van der Waals surface area contributed by atoms with Gasteiger partial charge in [-0.1, -0.05) is 29.5 Å². The van der Waals surface area contributed by atoms with Gasteiger partial charge in [0.25, 0.3) is 0 Å². The molecular weight excluding hydrogens is 192 g/mol. The number of rotatable bonds is 6. The Hall–Kier alpha value is -0.643. The third-order valence-corrected chi connectivity index (χ3v) is 3.64. The number of benzene rings is 1. The molecule has 0 aliphatic heterocycles. The summed E-state index contributed by atoms with van der Waals surface area (Å²) in [5, 5.41) is 1.36. The first-order chi connectivity index (χ1) is 6.86. The van der Waals surface area contributed by atoms with Crippen LogP contribution in [0.25, 0.3) is 0 Å². The van der Waals surface area contributed by atoms with Crippen LogP contribution in [0, 0.1) is 6.07 Å². The van der Waals surface area contributed by atoms with Crippen LogP contribution in [0.5, 0.6) is 0 Å². The quantitative estimate of drug-likeness (QED) is 0.505. The molecule has 1 rings (SSSR count). The van der Waals surface area contributed by atoms with Crippen molar-refractivity contribution in [3.8, 4) is 0 Å². The van der Waals surface area contributed by atoms with E-state index >= 15 is 0 Å². The highest BCUT2D eigenvalue weighted by Crippen LogP contribution is 1.93. The van der Waals surface area contributed by atoms with E-state index in [1.807, 2.05) is 26.0 Å². The SMILES string of the molecule is CCOC(OCC)[SiH2]c1cc[c]cc1. The molecule has 0 spiro atoms. The summed E-state index contributed by atoms with van der Waals surface area (Å²) >= 11 is 0. The molecule has 0 aliphatic carbocycles. The molecule has 14 heavy (non-hydrogen) atoms. The lowest BCUT2D eigenvalue weighted by Crippen LogP contribution is -2.32. The van der Waals surface area contributed by atoms with Gasteiger partial charge in [0, 0.05) is 13.2 Å². The van der Waals surface area contributed by atoms with Crippen LogP contribution < -0.4 is 5.19 Å². The number of hydrogen-bond acceptors (Lipinski definition) is 2. The van der Waals surface area contributed by atoms with E-state index in [1.165, 1.54) is 5.19 Å². The fourth-order valence-electron chi connectivity index (χ4n) is 1.29. The normalized spacial score (nSPS) is 11.6. The van der Waals surface area contributed by atoms with E-state index in [4.69, 9.17) is 9.47 Å². The van der Waals surface area contributed by atoms with Crippen molar-refractivity contribution >= 4 is 14.7 Å². The molecule has 0 atom stereocenters. The van der Waals surface area contributed by atoms with E-state index in [0.29, 0.717) is 0 Å². The molecule has 0 amide bonds. The number of ether oxygens (including phenoxy) is 2. The van der Waals surface area contributed by atoms with Gasteiger partial charge in [0.05, 0.1) is 0 Å². The van der Waals surface area contributed by atoms with Gasteiger partial charge in [-0.2, -0.15) is 0 Å². The molecule has 0 saturated heterocycles. The Morgan fingerprint density at radius 1 is 1.21 bits per heavy atom. The van der Waals surface area contributed by atoms with Gasteiger partial charge >= 0.3 is 0 Å². The van der Waals surface area contributed by atoms with Crippen LogP contribution in [0.3, 0.4) is 0 Å². The van der Waals surface area contributed by atoms with Gasteiger partial charge in [0.1, 0.15) is 15.4 Å². The molecule has 1 aromatic rings. The summed E-state index contributed by atoms with van der Waals surface area (Å²) in [4.78, 5) is 0. The molecule has 3 heteroatoms. The maximum atomic E-state index is 5.52. The Bertz CT molecular complexity index is 232. The molecule has 0 fully saturated rings. The van der Waals surface area contributed by atoms with Crippen LogP contribution in [0.1, 0.15) is 13.8 Å². The average molecular weight is 209 g/mol. The molecule has 0 saturated carbocycles. The summed E-state index contributed by atoms with van der Waals surface area (Å²) in [6.45, 7) is 5.44. The van der Waals surface area contributed by atoms with E-state index in [2.05, 4.69) is 18.2 Å². The average Bonchev–Trinajstić information content (AvgIpc) is 2.20. The van der Waals surface area contributed by atoms with Crippen molar-refractivity contribution in [1.29, 1.82) is 0 Å². The maximum absolute atomic E-state index is 5.52. The van der Waals surface area contributed by atoms with Gasteiger partial charge in [-0.25, -0.2) is 0 Å². The van der Waals surface area contributed by atoms with Crippen LogP contribution in [0.2, 0.25) is 0 Å². The smallest absolute Gasteiger partial charge is 0.139 e. The first-order valence-electron chi connectivity index (χ1n) is 5.05. The maximum Gasteiger partial charge on any atom is 0.139 e. The summed E-state index contributed by atoms with van der Waals surface area (Å²) in [6, 6.07) is 11.1. The highest BCUT2D eigenvalue weighted by atomic mass is 28.2. The van der Waals surface area contributed by atoms with Gasteiger partial charge in [-0.15, -0.1) is 0 Å². The van der Waals surface area contributed by atoms with Crippen LogP contribution in [0.15, 0.2) is 24.3 Å². The number of hydrogen-bond donors (Lipinski definition) is 0. The second kappa shape index (κ2) is 6.76. The molecule has 77 valence electrons. The molecule has 1 aromatic carbocycles. The Labute approximate surface area is 88.1 Å². The zero-order valence-electron chi connectivity index (χ0n) is 8.82. The molecule has 0 aliphatic rings. The van der Waals surface area contributed by atoms with E-state index in [-0.39, 0.29) is 5.91 Å². The minimum absolute atomic E-state index is 0.0207. The zero-order valence-corrected chi connectivity index (χ0v) is 10.2. The third-order valence-electron chi connectivity index (χ3n) is 1.89. The molecule has 1 radical (unpaired) electrons. The van der Waals surface area contributed by atoms with Crippen LogP contribution in [-0.4, -0.2) is 28.6 Å². The highest BCUT2D eigenvalue weighted by Gasteiger charge is 2.08. The molecular formula is C11H17O2Si. The van der Waals surface area contributed by atoms with Crippen molar-refractivity contribution < 1.29 is 9.47 Å². The predicted molar refractivity (Wildman–Crippen MR) is 60.5 cm³/mol. The minimum Gasteiger partial charge on any atom is -0.357 e. The Morgan fingerprint density at radius 3 is 2.29 bits per heavy atom. The van der Waals surface area contributed by atoms with Gasteiger partial charge in [-0.05, 0) is 19.9 Å². The van der Waals surface area contributed by atoms with E-state index in [1.54, 1.807) is 0 Å². The predicted octanol–water partition coefficient (Wildman–Crippen LogP) is 0.637. The van der Waals surface area contributed by atoms with Crippen molar-refractivity contribution in [3.05, 3.63) is 30.3 Å². The van der Waals surface area contributed by atoms with Gasteiger partial charge in [-0.3, -0.25) is 0 Å². The Morgan fingerprint density at radius 2 is 1.79 bits per heavy atom. The third kappa shape index (κ3) is 4.04. The standard InChI is InChI=1S/C11H17O2Si/c1-3-12-11(13-4-2)14-10-8-6-5-7-9-10/h6-9,11H,3-4,14H2,1-2H3. The summed E-state index contributed by atoms with van der Waals surface area (Å²) in [5.41, 5.74) is 0. The lowest BCUT2D eigenvalue weighted by atomic mass is 10.4. The van der Waals surface area contributed by atoms with Crippen molar-refractivity contribution in [2.75, 3.05) is 13.2 Å². The molecule has 2 nitrogen and oxygen atoms in total. The summed E-state index contributed by atoms with van der Waals surface area (Å²) < 4.78 is 11.0. The van der Waals surface area contributed by atoms with Crippen molar-refractivity contribution in [2.24, 2.45) is 0 Å². The van der Waals surface area contributed by atoms with Gasteiger partial charge in [0.15, 0.2) is 0 Å². The summed E-state index contributed by atoms with van der Waals surface area (Å²) in [6.07, 6.45) is 0. The fraction of sp³-hybridized carbons (Fsp3) is 0.455. The molecule has 0 aromatic heterocycles. The second-order valence-corrected chi connectivity index (χ2v) is 4.84. The summed E-state index contributed by atoms with van der Waals surface area (Å²) in [5.74, 6) is 0.0207. The Kier molecular flexibility index (Phi) is 5.52. The van der Waals surface area contributed by atoms with Crippen molar-refractivity contribution in [1.82, 2.24) is 0 Å². The van der Waals surface area contributed by atoms with Crippen LogP contribution in [-0.2, 0) is 9.47 Å². The largest absolute Gasteiger partial charge is 0.357 e. The van der Waals surface area contributed by atoms with E-state index in [0.717, 1.165) is 13.2 Å². The van der Waals surface area contributed by atoms with Crippen molar-refractivity contribution in [2.45, 2.75) is 19.8 Å². The first kappa shape index (κ1) is 11.4. The zero-order chi connectivity index (χ0) is 10.2. The summed E-state index contributed by atoms with van der Waals surface area (Å²) in [7, 11) is -0.484. The highest BCUT2D eigenvalue weighted by molar-refractivity contribution is 6.54. The van der Waals surface area contributed by atoms with E-state index < -0.39 is 9.52 Å². The fourth-order valence-corrected chi connectivity index (χ4v) is 2.89. The monoisotopic (exact) mass is 209 g/mol. The minimum atomic E-state index is -0.484.